The summed E-state index contributed by atoms with van der Waals surface area (Å²) in [5, 5.41) is 9.62. The number of aromatic nitrogens is 1. The number of fused-ring (bicyclic) bond motifs is 1. The first-order valence-corrected chi connectivity index (χ1v) is 5.89. The summed E-state index contributed by atoms with van der Waals surface area (Å²) in [4.78, 5) is 4.40. The van der Waals surface area contributed by atoms with E-state index in [1.165, 1.54) is 0 Å². The monoisotopic (exact) mass is 269 g/mol. The molecule has 0 aromatic carbocycles. The van der Waals surface area contributed by atoms with Crippen LogP contribution in [0.25, 0.3) is 0 Å². The van der Waals surface area contributed by atoms with Gasteiger partial charge in [-0.25, -0.2) is 0 Å². The molecule has 1 aromatic rings. The molecule has 1 saturated carbocycles. The summed E-state index contributed by atoms with van der Waals surface area (Å²) in [5.41, 5.74) is 0.851. The minimum Gasteiger partial charge on any atom is -0.395 e. The van der Waals surface area contributed by atoms with Crippen molar-refractivity contribution in [3.8, 4) is 0 Å². The Morgan fingerprint density at radius 2 is 2.27 bits per heavy atom. The van der Waals surface area contributed by atoms with Crippen molar-refractivity contribution in [1.82, 2.24) is 4.98 Å². The second-order valence-electron chi connectivity index (χ2n) is 4.28. The van der Waals surface area contributed by atoms with Crippen molar-refractivity contribution in [1.29, 1.82) is 0 Å². The van der Waals surface area contributed by atoms with Gasteiger partial charge in [0, 0.05) is 27.9 Å². The van der Waals surface area contributed by atoms with Crippen LogP contribution in [0.3, 0.4) is 0 Å². The number of nitrogens with zero attached hydrogens (tertiary/aromatic N) is 1. The maximum absolute atomic E-state index is 9.62. The average molecular weight is 270 g/mol. The van der Waals surface area contributed by atoms with Crippen molar-refractivity contribution in [2.45, 2.75) is 5.41 Å². The number of halogens is 1. The molecule has 1 aliphatic heterocycles. The molecule has 2 aliphatic rings. The van der Waals surface area contributed by atoms with E-state index < -0.39 is 0 Å². The molecule has 0 amide bonds. The Morgan fingerprint density at radius 1 is 1.53 bits per heavy atom. The van der Waals surface area contributed by atoms with E-state index >= 15 is 0 Å². The summed E-state index contributed by atoms with van der Waals surface area (Å²) in [6.45, 7) is 1.68. The molecule has 0 spiro atoms. The third kappa shape index (κ3) is 1.16. The predicted molar refractivity (Wildman–Crippen MR) is 58.5 cm³/mol. The zero-order chi connectivity index (χ0) is 10.5. The topological polar surface area (TPSA) is 42.4 Å². The maximum Gasteiger partial charge on any atom is 0.0637 e. The first kappa shape index (κ1) is 9.75. The van der Waals surface area contributed by atoms with Crippen LogP contribution in [0.5, 0.6) is 0 Å². The number of hydrogen-bond acceptors (Lipinski definition) is 3. The molecule has 1 unspecified atom stereocenters. The Kier molecular flexibility index (Phi) is 2.13. The van der Waals surface area contributed by atoms with Crippen LogP contribution < -0.4 is 0 Å². The summed E-state index contributed by atoms with van der Waals surface area (Å²) in [5.74, 6) is 0.905. The van der Waals surface area contributed by atoms with Gasteiger partial charge in [0.15, 0.2) is 0 Å². The largest absolute Gasteiger partial charge is 0.395 e. The quantitative estimate of drug-likeness (QED) is 0.882. The molecule has 1 aliphatic carbocycles. The van der Waals surface area contributed by atoms with Gasteiger partial charge < -0.3 is 9.84 Å². The van der Waals surface area contributed by atoms with Gasteiger partial charge >= 0.3 is 0 Å². The number of pyridine rings is 1. The summed E-state index contributed by atoms with van der Waals surface area (Å²) < 4.78 is 6.36. The smallest absolute Gasteiger partial charge is 0.0637 e. The summed E-state index contributed by atoms with van der Waals surface area (Å²) in [6.07, 6.45) is 1.78. The minimum absolute atomic E-state index is 0.141. The lowest BCUT2D eigenvalue weighted by Gasteiger charge is -2.18. The van der Waals surface area contributed by atoms with E-state index in [1.54, 1.807) is 6.20 Å². The fraction of sp³-hybridized carbons (Fsp3) is 0.545. The second-order valence-corrected chi connectivity index (χ2v) is 5.14. The van der Waals surface area contributed by atoms with Crippen molar-refractivity contribution in [2.75, 3.05) is 19.8 Å². The van der Waals surface area contributed by atoms with Crippen molar-refractivity contribution < 1.29 is 9.84 Å². The Labute approximate surface area is 96.6 Å². The highest BCUT2D eigenvalue weighted by Crippen LogP contribution is 2.63. The fourth-order valence-electron chi connectivity index (χ4n) is 2.85. The number of hydrogen-bond donors (Lipinski definition) is 1. The SMILES string of the molecule is OC[C@]1(c2ncccc2Br)C2COC[C@@H]21. The Balaban J connectivity index is 2.03. The van der Waals surface area contributed by atoms with Crippen LogP contribution in [0.4, 0.5) is 0 Å². The third-order valence-electron chi connectivity index (χ3n) is 3.76. The molecule has 15 heavy (non-hydrogen) atoms. The van der Waals surface area contributed by atoms with Gasteiger partial charge in [-0.2, -0.15) is 0 Å². The highest BCUT2D eigenvalue weighted by Gasteiger charge is 2.69. The highest BCUT2D eigenvalue weighted by molar-refractivity contribution is 9.10. The standard InChI is InChI=1S/C11H12BrNO2/c12-9-2-1-3-13-10(9)11(6-14)7-4-15-5-8(7)11/h1-3,7-8,14H,4-6H2/t7-,8?,11+/m0/s1. The number of ether oxygens (including phenoxy) is 1. The van der Waals surface area contributed by atoms with E-state index in [1.807, 2.05) is 12.1 Å². The fourth-order valence-corrected chi connectivity index (χ4v) is 3.47. The van der Waals surface area contributed by atoms with Gasteiger partial charge in [-0.1, -0.05) is 0 Å². The summed E-state index contributed by atoms with van der Waals surface area (Å²) in [6, 6.07) is 3.88. The molecule has 2 heterocycles. The van der Waals surface area contributed by atoms with Gasteiger partial charge in [-0.15, -0.1) is 0 Å². The lowest BCUT2D eigenvalue weighted by atomic mass is 9.97. The lowest BCUT2D eigenvalue weighted by molar-refractivity contribution is 0.118. The normalized spacial score (nSPS) is 37.7. The van der Waals surface area contributed by atoms with Crippen LogP contribution in [0.15, 0.2) is 22.8 Å². The first-order chi connectivity index (χ1) is 7.30. The van der Waals surface area contributed by atoms with E-state index in [4.69, 9.17) is 4.74 Å². The molecule has 0 bridgehead atoms. The molecular formula is C11H12BrNO2. The summed E-state index contributed by atoms with van der Waals surface area (Å²) >= 11 is 3.51. The highest BCUT2D eigenvalue weighted by atomic mass is 79.9. The minimum atomic E-state index is -0.141. The number of rotatable bonds is 2. The third-order valence-corrected chi connectivity index (χ3v) is 4.40. The molecule has 0 radical (unpaired) electrons. The molecule has 3 rings (SSSR count). The van der Waals surface area contributed by atoms with Crippen LogP contribution in [-0.2, 0) is 10.2 Å². The van der Waals surface area contributed by atoms with Crippen molar-refractivity contribution in [3.05, 3.63) is 28.5 Å². The van der Waals surface area contributed by atoms with Gasteiger partial charge in [-0.05, 0) is 28.1 Å². The van der Waals surface area contributed by atoms with Crippen LogP contribution >= 0.6 is 15.9 Å². The van der Waals surface area contributed by atoms with E-state index in [2.05, 4.69) is 20.9 Å². The zero-order valence-corrected chi connectivity index (χ0v) is 9.77. The van der Waals surface area contributed by atoms with Crippen LogP contribution in [0, 0.1) is 11.8 Å². The van der Waals surface area contributed by atoms with Gasteiger partial charge in [0.05, 0.1) is 25.5 Å². The van der Waals surface area contributed by atoms with Gasteiger partial charge in [0.1, 0.15) is 0 Å². The second kappa shape index (κ2) is 3.27. The molecule has 1 saturated heterocycles. The average Bonchev–Trinajstić information content (AvgIpc) is 2.64. The first-order valence-electron chi connectivity index (χ1n) is 5.10. The Hall–Kier alpha value is -0.450. The van der Waals surface area contributed by atoms with E-state index in [0.29, 0.717) is 11.8 Å². The maximum atomic E-state index is 9.62. The van der Waals surface area contributed by atoms with Crippen molar-refractivity contribution >= 4 is 15.9 Å². The predicted octanol–water partition coefficient (Wildman–Crippen LogP) is 1.35. The Morgan fingerprint density at radius 3 is 2.87 bits per heavy atom. The Bertz CT molecular complexity index is 386. The zero-order valence-electron chi connectivity index (χ0n) is 8.19. The molecule has 4 heteroatoms. The summed E-state index contributed by atoms with van der Waals surface area (Å²) in [7, 11) is 0. The van der Waals surface area contributed by atoms with Gasteiger partial charge in [-0.3, -0.25) is 4.98 Å². The van der Waals surface area contributed by atoms with Crippen LogP contribution in [-0.4, -0.2) is 29.9 Å². The lowest BCUT2D eigenvalue weighted by Crippen LogP contribution is -2.24. The molecule has 2 fully saturated rings. The van der Waals surface area contributed by atoms with Crippen LogP contribution in [0.2, 0.25) is 0 Å². The van der Waals surface area contributed by atoms with E-state index in [9.17, 15) is 5.11 Å². The number of aliphatic hydroxyl groups is 1. The van der Waals surface area contributed by atoms with E-state index in [0.717, 1.165) is 23.4 Å². The van der Waals surface area contributed by atoms with Crippen LogP contribution in [0.1, 0.15) is 5.69 Å². The van der Waals surface area contributed by atoms with Crippen molar-refractivity contribution in [2.24, 2.45) is 11.8 Å². The molecule has 1 N–H and O–H groups in total. The molecule has 3 atom stereocenters. The number of aliphatic hydroxyl groups excluding tert-OH is 1. The van der Waals surface area contributed by atoms with E-state index in [-0.39, 0.29) is 12.0 Å². The van der Waals surface area contributed by atoms with Gasteiger partial charge in [0.25, 0.3) is 0 Å². The van der Waals surface area contributed by atoms with Gasteiger partial charge in [0.2, 0.25) is 0 Å². The van der Waals surface area contributed by atoms with Crippen molar-refractivity contribution in [3.63, 3.8) is 0 Å². The molecule has 3 nitrogen and oxygen atoms in total. The molecule has 80 valence electrons. The molecular weight excluding hydrogens is 258 g/mol. The molecule has 1 aromatic heterocycles.